The van der Waals surface area contributed by atoms with Gasteiger partial charge >= 0.3 is 0 Å². The normalized spacial score (nSPS) is 18.9. The van der Waals surface area contributed by atoms with Crippen LogP contribution in [0.15, 0.2) is 54.6 Å². The number of nitrogens with one attached hydrogen (secondary N) is 1. The molecule has 5 heteroatoms. The number of benzene rings is 2. The van der Waals surface area contributed by atoms with Crippen molar-refractivity contribution >= 4 is 17.4 Å². The van der Waals surface area contributed by atoms with Crippen molar-refractivity contribution in [3.63, 3.8) is 0 Å². The molecule has 0 bridgehead atoms. The van der Waals surface area contributed by atoms with Gasteiger partial charge in [0.1, 0.15) is 0 Å². The van der Waals surface area contributed by atoms with Crippen molar-refractivity contribution in [2.75, 3.05) is 18.4 Å². The first-order chi connectivity index (χ1) is 12.6. The van der Waals surface area contributed by atoms with E-state index in [1.165, 1.54) is 0 Å². The SMILES string of the molecule is CC(C(=O)Nc1ccccc1C(=O)c1ccccc1)N1CCCC(O)C1. The number of β-amino-alcohol motifs (C(OH)–C–C–N with tert-alkyl or cyclic N) is 1. The van der Waals surface area contributed by atoms with Gasteiger partial charge in [-0.25, -0.2) is 0 Å². The lowest BCUT2D eigenvalue weighted by molar-refractivity contribution is -0.121. The van der Waals surface area contributed by atoms with E-state index in [0.717, 1.165) is 19.4 Å². The minimum atomic E-state index is -0.383. The maximum absolute atomic E-state index is 12.8. The van der Waals surface area contributed by atoms with E-state index in [2.05, 4.69) is 5.32 Å². The molecule has 1 amide bonds. The van der Waals surface area contributed by atoms with Gasteiger partial charge in [-0.2, -0.15) is 0 Å². The summed E-state index contributed by atoms with van der Waals surface area (Å²) in [7, 11) is 0. The van der Waals surface area contributed by atoms with Gasteiger partial charge in [-0.15, -0.1) is 0 Å². The summed E-state index contributed by atoms with van der Waals surface area (Å²) in [6.45, 7) is 3.12. The third-order valence-electron chi connectivity index (χ3n) is 4.82. The van der Waals surface area contributed by atoms with Crippen LogP contribution in [0, 0.1) is 0 Å². The molecule has 0 aromatic heterocycles. The van der Waals surface area contributed by atoms with Crippen molar-refractivity contribution in [1.82, 2.24) is 4.90 Å². The van der Waals surface area contributed by atoms with E-state index in [-0.39, 0.29) is 23.8 Å². The largest absolute Gasteiger partial charge is 0.392 e. The van der Waals surface area contributed by atoms with Crippen LogP contribution in [0.4, 0.5) is 5.69 Å². The number of carbonyl (C=O) groups excluding carboxylic acids is 2. The van der Waals surface area contributed by atoms with E-state index in [4.69, 9.17) is 0 Å². The summed E-state index contributed by atoms with van der Waals surface area (Å²) >= 11 is 0. The molecule has 2 N–H and O–H groups in total. The van der Waals surface area contributed by atoms with Gasteiger partial charge in [0.15, 0.2) is 5.78 Å². The summed E-state index contributed by atoms with van der Waals surface area (Å²) in [6.07, 6.45) is 1.27. The van der Waals surface area contributed by atoms with Crippen LogP contribution in [0.2, 0.25) is 0 Å². The summed E-state index contributed by atoms with van der Waals surface area (Å²) in [6, 6.07) is 15.7. The van der Waals surface area contributed by atoms with Crippen LogP contribution in [-0.2, 0) is 4.79 Å². The lowest BCUT2D eigenvalue weighted by Gasteiger charge is -2.34. The summed E-state index contributed by atoms with van der Waals surface area (Å²) < 4.78 is 0. The topological polar surface area (TPSA) is 69.6 Å². The Labute approximate surface area is 153 Å². The second-order valence-electron chi connectivity index (χ2n) is 6.70. The van der Waals surface area contributed by atoms with Crippen molar-refractivity contribution in [2.45, 2.75) is 31.9 Å². The molecule has 1 heterocycles. The highest BCUT2D eigenvalue weighted by Gasteiger charge is 2.27. The first-order valence-electron chi connectivity index (χ1n) is 8.98. The van der Waals surface area contributed by atoms with Crippen molar-refractivity contribution < 1.29 is 14.7 Å². The van der Waals surface area contributed by atoms with Crippen molar-refractivity contribution in [3.8, 4) is 0 Å². The number of nitrogens with zero attached hydrogens (tertiary/aromatic N) is 1. The minimum Gasteiger partial charge on any atom is -0.392 e. The van der Waals surface area contributed by atoms with E-state index >= 15 is 0 Å². The highest BCUT2D eigenvalue weighted by Crippen LogP contribution is 2.21. The van der Waals surface area contributed by atoms with E-state index in [9.17, 15) is 14.7 Å². The second kappa shape index (κ2) is 8.25. The molecule has 1 aliphatic rings. The lowest BCUT2D eigenvalue weighted by atomic mass is 10.0. The Kier molecular flexibility index (Phi) is 5.81. The zero-order valence-electron chi connectivity index (χ0n) is 14.9. The number of hydrogen-bond donors (Lipinski definition) is 2. The Morgan fingerprint density at radius 3 is 2.54 bits per heavy atom. The molecule has 0 aliphatic carbocycles. The predicted octanol–water partition coefficient (Wildman–Crippen LogP) is 2.70. The summed E-state index contributed by atoms with van der Waals surface area (Å²) in [5.41, 5.74) is 1.56. The maximum atomic E-state index is 12.8. The van der Waals surface area contributed by atoms with Crippen LogP contribution >= 0.6 is 0 Å². The molecule has 0 radical (unpaired) electrons. The number of ketones is 1. The van der Waals surface area contributed by atoms with Gasteiger partial charge in [0.25, 0.3) is 0 Å². The monoisotopic (exact) mass is 352 g/mol. The predicted molar refractivity (Wildman–Crippen MR) is 101 cm³/mol. The van der Waals surface area contributed by atoms with Crippen LogP contribution in [0.25, 0.3) is 0 Å². The first-order valence-corrected chi connectivity index (χ1v) is 8.98. The molecule has 1 fully saturated rings. The molecule has 1 saturated heterocycles. The minimum absolute atomic E-state index is 0.123. The van der Waals surface area contributed by atoms with Gasteiger partial charge in [0.05, 0.1) is 17.8 Å². The summed E-state index contributed by atoms with van der Waals surface area (Å²) in [4.78, 5) is 27.4. The molecule has 2 aromatic carbocycles. The second-order valence-corrected chi connectivity index (χ2v) is 6.70. The van der Waals surface area contributed by atoms with Crippen molar-refractivity contribution in [2.24, 2.45) is 0 Å². The molecule has 2 atom stereocenters. The number of hydrogen-bond acceptors (Lipinski definition) is 4. The van der Waals surface area contributed by atoms with Crippen molar-refractivity contribution in [1.29, 1.82) is 0 Å². The van der Waals surface area contributed by atoms with Crippen LogP contribution in [-0.4, -0.2) is 46.9 Å². The number of aliphatic hydroxyl groups is 1. The number of anilines is 1. The van der Waals surface area contributed by atoms with Crippen molar-refractivity contribution in [3.05, 3.63) is 65.7 Å². The van der Waals surface area contributed by atoms with Gasteiger partial charge < -0.3 is 10.4 Å². The van der Waals surface area contributed by atoms with E-state index < -0.39 is 0 Å². The zero-order chi connectivity index (χ0) is 18.5. The molecular formula is C21H24N2O3. The highest BCUT2D eigenvalue weighted by molar-refractivity contribution is 6.14. The van der Waals surface area contributed by atoms with Crippen LogP contribution < -0.4 is 5.32 Å². The molecule has 3 rings (SSSR count). The Hall–Kier alpha value is -2.50. The van der Waals surface area contributed by atoms with Gasteiger partial charge in [0, 0.05) is 17.7 Å². The molecule has 0 spiro atoms. The number of carbonyl (C=O) groups is 2. The fraction of sp³-hybridized carbons (Fsp3) is 0.333. The number of amides is 1. The number of para-hydroxylation sites is 1. The molecule has 26 heavy (non-hydrogen) atoms. The van der Waals surface area contributed by atoms with E-state index in [1.54, 1.807) is 36.4 Å². The third-order valence-corrected chi connectivity index (χ3v) is 4.82. The lowest BCUT2D eigenvalue weighted by Crippen LogP contribution is -2.48. The molecule has 2 unspecified atom stereocenters. The van der Waals surface area contributed by atoms with Gasteiger partial charge in [-0.05, 0) is 38.4 Å². The number of rotatable bonds is 5. The van der Waals surface area contributed by atoms with Crippen LogP contribution in [0.3, 0.4) is 0 Å². The van der Waals surface area contributed by atoms with Crippen LogP contribution in [0.1, 0.15) is 35.7 Å². The number of aliphatic hydroxyl groups excluding tert-OH is 1. The Bertz CT molecular complexity index is 776. The fourth-order valence-corrected chi connectivity index (χ4v) is 3.27. The maximum Gasteiger partial charge on any atom is 0.241 e. The number of likely N-dealkylation sites (tertiary alicyclic amines) is 1. The quantitative estimate of drug-likeness (QED) is 0.812. The highest BCUT2D eigenvalue weighted by atomic mass is 16.3. The van der Waals surface area contributed by atoms with Crippen LogP contribution in [0.5, 0.6) is 0 Å². The van der Waals surface area contributed by atoms with E-state index in [0.29, 0.717) is 23.4 Å². The zero-order valence-corrected chi connectivity index (χ0v) is 14.9. The van der Waals surface area contributed by atoms with E-state index in [1.807, 2.05) is 30.0 Å². The average molecular weight is 352 g/mol. The number of piperidine rings is 1. The standard InChI is InChI=1S/C21H24N2O3/c1-15(23-13-7-10-17(24)14-23)21(26)22-19-12-6-5-11-18(19)20(25)16-8-3-2-4-9-16/h2-6,8-9,11-12,15,17,24H,7,10,13-14H2,1H3,(H,22,26). The van der Waals surface area contributed by atoms with Gasteiger partial charge in [-0.1, -0.05) is 42.5 Å². The molecule has 136 valence electrons. The summed E-state index contributed by atoms with van der Waals surface area (Å²) in [5.74, 6) is -0.296. The molecule has 0 saturated carbocycles. The molecule has 1 aliphatic heterocycles. The van der Waals surface area contributed by atoms with Gasteiger partial charge in [0.2, 0.25) is 5.91 Å². The summed E-state index contributed by atoms with van der Waals surface area (Å²) in [5, 5.41) is 12.7. The third kappa shape index (κ3) is 4.18. The smallest absolute Gasteiger partial charge is 0.241 e. The Morgan fingerprint density at radius 2 is 1.81 bits per heavy atom. The van der Waals surface area contributed by atoms with Gasteiger partial charge in [-0.3, -0.25) is 14.5 Å². The molecule has 5 nitrogen and oxygen atoms in total. The first kappa shape index (κ1) is 18.3. The molecule has 2 aromatic rings. The Morgan fingerprint density at radius 1 is 1.12 bits per heavy atom. The fourth-order valence-electron chi connectivity index (χ4n) is 3.27. The molecular weight excluding hydrogens is 328 g/mol. The Balaban J connectivity index is 1.76. The average Bonchev–Trinajstić information content (AvgIpc) is 2.68.